The second-order valence-corrected chi connectivity index (χ2v) is 7.51. The molecule has 0 aromatic carbocycles. The minimum absolute atomic E-state index is 0.217. The summed E-state index contributed by atoms with van der Waals surface area (Å²) in [4.78, 5) is 25.0. The van der Waals surface area contributed by atoms with Crippen LogP contribution in [0.3, 0.4) is 0 Å². The third-order valence-corrected chi connectivity index (χ3v) is 5.42. The molecule has 6 aromatic rings. The van der Waals surface area contributed by atoms with Crippen molar-refractivity contribution in [2.75, 3.05) is 0 Å². The summed E-state index contributed by atoms with van der Waals surface area (Å²) in [5, 5.41) is 7.48. The molecule has 0 unspecified atom stereocenters. The fourth-order valence-electron chi connectivity index (χ4n) is 3.82. The van der Waals surface area contributed by atoms with Crippen LogP contribution in [0.1, 0.15) is 11.3 Å². The highest BCUT2D eigenvalue weighted by Crippen LogP contribution is 2.33. The maximum atomic E-state index is 15.7. The van der Waals surface area contributed by atoms with Crippen molar-refractivity contribution in [3.8, 4) is 28.5 Å². The van der Waals surface area contributed by atoms with Gasteiger partial charge in [-0.3, -0.25) is 15.1 Å². The lowest BCUT2D eigenvalue weighted by Crippen LogP contribution is -1.94. The summed E-state index contributed by atoms with van der Waals surface area (Å²) in [6.07, 6.45) is 10.1. The van der Waals surface area contributed by atoms with Crippen LogP contribution < -0.4 is 0 Å². The highest BCUT2D eigenvalue weighted by Gasteiger charge is 2.22. The average Bonchev–Trinajstić information content (AvgIpc) is 3.52. The Hall–Kier alpha value is -4.47. The molecule has 0 aliphatic rings. The molecule has 0 amide bonds. The zero-order valence-corrected chi connectivity index (χ0v) is 17.1. The fourth-order valence-corrected chi connectivity index (χ4v) is 3.82. The maximum absolute atomic E-state index is 15.7. The van der Waals surface area contributed by atoms with Gasteiger partial charge in [0.1, 0.15) is 16.9 Å². The van der Waals surface area contributed by atoms with Gasteiger partial charge in [-0.2, -0.15) is 5.10 Å². The first-order valence-corrected chi connectivity index (χ1v) is 9.90. The molecule has 0 radical (unpaired) electrons. The first-order chi connectivity index (χ1) is 15.6. The fraction of sp³-hybridized carbons (Fsp3) is 0.0909. The quantitative estimate of drug-likeness (QED) is 0.445. The standard InChI is InChI=1S/C22H16FN9/c1-11-3-5-24-7-13(11)18-17(23)16-14(8-26-18)30-31-20(16)22-28-19-15(4-6-25-21(19)29-22)32-9-12(2)27-10-32/h3-10H,1-2H3,(H,30,31)(H,25,28,29). The number of pyridine rings is 3. The molecule has 10 heteroatoms. The highest BCUT2D eigenvalue weighted by molar-refractivity contribution is 5.95. The smallest absolute Gasteiger partial charge is 0.161 e. The number of H-pyrrole nitrogens is 2. The van der Waals surface area contributed by atoms with Gasteiger partial charge in [0.05, 0.1) is 34.8 Å². The number of halogens is 1. The van der Waals surface area contributed by atoms with Crippen LogP contribution in [0, 0.1) is 19.7 Å². The van der Waals surface area contributed by atoms with Crippen LogP contribution in [-0.2, 0) is 0 Å². The van der Waals surface area contributed by atoms with Gasteiger partial charge in [0, 0.05) is 30.4 Å². The Kier molecular flexibility index (Phi) is 3.88. The topological polar surface area (TPSA) is 114 Å². The largest absolute Gasteiger partial charge is 0.321 e. The molecule has 0 fully saturated rings. The van der Waals surface area contributed by atoms with Crippen molar-refractivity contribution in [2.45, 2.75) is 13.8 Å². The number of aromatic amines is 2. The van der Waals surface area contributed by atoms with Crippen molar-refractivity contribution in [2.24, 2.45) is 0 Å². The van der Waals surface area contributed by atoms with E-state index in [1.807, 2.05) is 36.7 Å². The van der Waals surface area contributed by atoms with E-state index in [-0.39, 0.29) is 5.69 Å². The number of rotatable bonds is 3. The van der Waals surface area contributed by atoms with Crippen LogP contribution in [0.4, 0.5) is 4.39 Å². The summed E-state index contributed by atoms with van der Waals surface area (Å²) in [5.74, 6) is -0.0804. The monoisotopic (exact) mass is 425 g/mol. The summed E-state index contributed by atoms with van der Waals surface area (Å²) < 4.78 is 17.6. The van der Waals surface area contributed by atoms with Crippen LogP contribution in [0.25, 0.3) is 50.5 Å². The minimum atomic E-state index is -0.485. The predicted octanol–water partition coefficient (Wildman–Crippen LogP) is 3.90. The lowest BCUT2D eigenvalue weighted by molar-refractivity contribution is 0.638. The maximum Gasteiger partial charge on any atom is 0.161 e. The van der Waals surface area contributed by atoms with E-state index in [9.17, 15) is 0 Å². The van der Waals surface area contributed by atoms with E-state index in [0.29, 0.717) is 39.1 Å². The Balaban J connectivity index is 1.56. The number of aromatic nitrogens is 9. The Morgan fingerprint density at radius 1 is 1.00 bits per heavy atom. The molecule has 6 rings (SSSR count). The molecule has 0 aliphatic heterocycles. The lowest BCUT2D eigenvalue weighted by atomic mass is 10.1. The van der Waals surface area contributed by atoms with Gasteiger partial charge >= 0.3 is 0 Å². The number of hydrogen-bond acceptors (Lipinski definition) is 6. The molecule has 0 saturated heterocycles. The molecule has 0 aliphatic carbocycles. The second kappa shape index (κ2) is 6.77. The highest BCUT2D eigenvalue weighted by atomic mass is 19.1. The summed E-state index contributed by atoms with van der Waals surface area (Å²) in [5.41, 5.74) is 5.45. The van der Waals surface area contributed by atoms with E-state index in [2.05, 4.69) is 35.1 Å². The lowest BCUT2D eigenvalue weighted by Gasteiger charge is -2.06. The molecule has 6 heterocycles. The molecule has 0 saturated carbocycles. The van der Waals surface area contributed by atoms with Crippen LogP contribution in [0.2, 0.25) is 0 Å². The number of fused-ring (bicyclic) bond motifs is 2. The third kappa shape index (κ3) is 2.69. The van der Waals surface area contributed by atoms with Crippen molar-refractivity contribution in [1.29, 1.82) is 0 Å². The Morgan fingerprint density at radius 2 is 1.91 bits per heavy atom. The number of nitrogens with one attached hydrogen (secondary N) is 2. The molecule has 9 nitrogen and oxygen atoms in total. The summed E-state index contributed by atoms with van der Waals surface area (Å²) in [6.45, 7) is 3.81. The second-order valence-electron chi connectivity index (χ2n) is 7.51. The van der Waals surface area contributed by atoms with Crippen molar-refractivity contribution in [3.63, 3.8) is 0 Å². The van der Waals surface area contributed by atoms with Gasteiger partial charge in [-0.15, -0.1) is 0 Å². The Bertz CT molecular complexity index is 1630. The van der Waals surface area contributed by atoms with E-state index in [1.54, 1.807) is 31.1 Å². The molecule has 0 bridgehead atoms. The van der Waals surface area contributed by atoms with Crippen LogP contribution in [0.15, 0.2) is 49.4 Å². The van der Waals surface area contributed by atoms with Gasteiger partial charge < -0.3 is 9.55 Å². The SMILES string of the molecule is Cc1cn(-c2ccnc3[nH]c(-c4n[nH]c5cnc(-c6cnccc6C)c(F)c45)nc23)cn1. The zero-order chi connectivity index (χ0) is 21.8. The predicted molar refractivity (Wildman–Crippen MR) is 117 cm³/mol. The van der Waals surface area contributed by atoms with Gasteiger partial charge in [0.2, 0.25) is 0 Å². The minimum Gasteiger partial charge on any atom is -0.321 e. The van der Waals surface area contributed by atoms with E-state index >= 15 is 4.39 Å². The molecule has 156 valence electrons. The zero-order valence-electron chi connectivity index (χ0n) is 17.1. The molecule has 32 heavy (non-hydrogen) atoms. The van der Waals surface area contributed by atoms with Crippen LogP contribution in [0.5, 0.6) is 0 Å². The Labute approximate surface area is 180 Å². The first-order valence-electron chi connectivity index (χ1n) is 9.90. The normalized spacial score (nSPS) is 11.6. The number of imidazole rings is 2. The average molecular weight is 425 g/mol. The summed E-state index contributed by atoms with van der Waals surface area (Å²) in [6, 6.07) is 3.67. The van der Waals surface area contributed by atoms with Crippen molar-refractivity contribution >= 4 is 22.1 Å². The Morgan fingerprint density at radius 3 is 2.72 bits per heavy atom. The summed E-state index contributed by atoms with van der Waals surface area (Å²) in [7, 11) is 0. The van der Waals surface area contributed by atoms with Gasteiger partial charge in [0.15, 0.2) is 17.3 Å². The van der Waals surface area contributed by atoms with E-state index in [1.165, 1.54) is 0 Å². The number of aryl methyl sites for hydroxylation is 2. The van der Waals surface area contributed by atoms with Gasteiger partial charge in [-0.25, -0.2) is 19.3 Å². The van der Waals surface area contributed by atoms with E-state index in [0.717, 1.165) is 16.9 Å². The first kappa shape index (κ1) is 18.3. The van der Waals surface area contributed by atoms with Crippen molar-refractivity contribution in [3.05, 3.63) is 66.5 Å². The molecule has 0 atom stereocenters. The molecule has 0 spiro atoms. The molecule has 2 N–H and O–H groups in total. The van der Waals surface area contributed by atoms with Crippen LogP contribution >= 0.6 is 0 Å². The van der Waals surface area contributed by atoms with Crippen molar-refractivity contribution < 1.29 is 4.39 Å². The van der Waals surface area contributed by atoms with E-state index in [4.69, 9.17) is 4.98 Å². The van der Waals surface area contributed by atoms with Gasteiger partial charge in [-0.05, 0) is 31.5 Å². The third-order valence-electron chi connectivity index (χ3n) is 5.42. The number of hydrogen-bond donors (Lipinski definition) is 2. The summed E-state index contributed by atoms with van der Waals surface area (Å²) >= 11 is 0. The van der Waals surface area contributed by atoms with Crippen LogP contribution in [-0.4, -0.2) is 44.7 Å². The van der Waals surface area contributed by atoms with Gasteiger partial charge in [-0.1, -0.05) is 0 Å². The molecular formula is C22H16FN9. The van der Waals surface area contributed by atoms with Crippen molar-refractivity contribution in [1.82, 2.24) is 44.7 Å². The van der Waals surface area contributed by atoms with Gasteiger partial charge in [0.25, 0.3) is 0 Å². The van der Waals surface area contributed by atoms with E-state index < -0.39 is 5.82 Å². The number of nitrogens with zero attached hydrogens (tertiary/aromatic N) is 7. The molecule has 6 aromatic heterocycles. The molecular weight excluding hydrogens is 409 g/mol.